The van der Waals surface area contributed by atoms with E-state index in [0.717, 1.165) is 42.9 Å². The Balaban J connectivity index is 1.26. The van der Waals surface area contributed by atoms with Crippen LogP contribution in [0.2, 0.25) is 0 Å². The number of halogens is 11. The Morgan fingerprint density at radius 3 is 1.67 bits per heavy atom. The van der Waals surface area contributed by atoms with Gasteiger partial charge in [0.1, 0.15) is 34.8 Å². The maximum atomic E-state index is 15.2. The van der Waals surface area contributed by atoms with Gasteiger partial charge in [-0.05, 0) is 59.7 Å². The Morgan fingerprint density at radius 1 is 0.519 bits per heavy atom. The second kappa shape index (κ2) is 15.7. The van der Waals surface area contributed by atoms with Crippen LogP contribution in [-0.4, -0.2) is 6.11 Å². The molecular weight excluding hydrogens is 709 g/mol. The first-order chi connectivity index (χ1) is 24.6. The van der Waals surface area contributed by atoms with Crippen molar-refractivity contribution in [2.45, 2.75) is 57.7 Å². The fourth-order valence-corrected chi connectivity index (χ4v) is 5.46. The molecule has 0 radical (unpaired) electrons. The highest BCUT2D eigenvalue weighted by Crippen LogP contribution is 2.38. The zero-order chi connectivity index (χ0) is 37.8. The fourth-order valence-electron chi connectivity index (χ4n) is 5.46. The first-order valence-electron chi connectivity index (χ1n) is 16.0. The number of hydrogen-bond donors (Lipinski definition) is 0. The van der Waals surface area contributed by atoms with Crippen molar-refractivity contribution in [3.63, 3.8) is 0 Å². The summed E-state index contributed by atoms with van der Waals surface area (Å²) in [5.41, 5.74) is -0.0710. The summed E-state index contributed by atoms with van der Waals surface area (Å²) in [4.78, 5) is 0. The monoisotopic (exact) mass is 738 g/mol. The van der Waals surface area contributed by atoms with Crippen molar-refractivity contribution in [2.75, 3.05) is 0 Å². The Bertz CT molecular complexity index is 2000. The highest BCUT2D eigenvalue weighted by Gasteiger charge is 2.39. The van der Waals surface area contributed by atoms with E-state index >= 15 is 17.6 Å². The van der Waals surface area contributed by atoms with Gasteiger partial charge < -0.3 is 9.47 Å². The summed E-state index contributed by atoms with van der Waals surface area (Å²) in [6.45, 7) is 2.11. The molecule has 0 heterocycles. The lowest BCUT2D eigenvalue weighted by Gasteiger charge is -2.21. The van der Waals surface area contributed by atoms with Gasteiger partial charge in [-0.2, -0.15) is 17.6 Å². The van der Waals surface area contributed by atoms with Gasteiger partial charge in [0.2, 0.25) is 0 Å². The predicted molar refractivity (Wildman–Crippen MR) is 172 cm³/mol. The molecule has 0 aromatic heterocycles. The van der Waals surface area contributed by atoms with Gasteiger partial charge in [0.25, 0.3) is 0 Å². The molecule has 2 nitrogen and oxygen atoms in total. The van der Waals surface area contributed by atoms with Crippen molar-refractivity contribution in [2.24, 2.45) is 0 Å². The molecule has 0 aliphatic carbocycles. The van der Waals surface area contributed by atoms with Gasteiger partial charge in [0.15, 0.2) is 17.5 Å². The summed E-state index contributed by atoms with van der Waals surface area (Å²) in [6.07, 6.45) is -7.12. The molecule has 0 spiro atoms. The molecule has 0 aliphatic rings. The van der Waals surface area contributed by atoms with Crippen molar-refractivity contribution in [1.29, 1.82) is 0 Å². The number of alkyl halides is 4. The van der Waals surface area contributed by atoms with Gasteiger partial charge in [-0.25, -0.2) is 30.7 Å². The summed E-state index contributed by atoms with van der Waals surface area (Å²) in [5.74, 6) is -13.2. The summed E-state index contributed by atoms with van der Waals surface area (Å²) in [5, 5.41) is 0. The fraction of sp³-hybridized carbons (Fsp3) is 0.231. The van der Waals surface area contributed by atoms with Crippen LogP contribution < -0.4 is 9.47 Å². The normalized spacial score (nSPS) is 11.9. The van der Waals surface area contributed by atoms with E-state index in [1.807, 2.05) is 24.3 Å². The van der Waals surface area contributed by atoms with Crippen LogP contribution in [0.25, 0.3) is 22.3 Å². The topological polar surface area (TPSA) is 18.5 Å². The van der Waals surface area contributed by atoms with Crippen molar-refractivity contribution in [1.82, 2.24) is 0 Å². The molecule has 5 aromatic carbocycles. The number of rotatable bonds is 14. The van der Waals surface area contributed by atoms with Crippen LogP contribution in [0, 0.1) is 40.7 Å². The average Bonchev–Trinajstić information content (AvgIpc) is 3.06. The smallest absolute Gasteiger partial charge is 0.429 e. The molecule has 0 atom stereocenters. The van der Waals surface area contributed by atoms with E-state index in [0.29, 0.717) is 17.7 Å². The third kappa shape index (κ3) is 9.04. The van der Waals surface area contributed by atoms with E-state index in [1.54, 1.807) is 6.07 Å². The Hall–Kier alpha value is -5.07. The minimum Gasteiger partial charge on any atom is -0.432 e. The van der Waals surface area contributed by atoms with E-state index in [2.05, 4.69) is 16.4 Å². The summed E-state index contributed by atoms with van der Waals surface area (Å²) in [7, 11) is 0. The van der Waals surface area contributed by atoms with Crippen LogP contribution in [0.4, 0.5) is 48.3 Å². The molecule has 0 bridgehead atoms. The van der Waals surface area contributed by atoms with Crippen molar-refractivity contribution >= 4 is 0 Å². The third-order valence-electron chi connectivity index (χ3n) is 8.17. The quantitative estimate of drug-likeness (QED) is 0.0642. The highest BCUT2D eigenvalue weighted by molar-refractivity contribution is 5.71. The van der Waals surface area contributed by atoms with Crippen molar-refractivity contribution in [3.05, 3.63) is 142 Å². The van der Waals surface area contributed by atoms with E-state index in [1.165, 1.54) is 12.1 Å². The molecule has 0 saturated heterocycles. The molecule has 52 heavy (non-hydrogen) atoms. The average molecular weight is 739 g/mol. The maximum absolute atomic E-state index is 15.2. The van der Waals surface area contributed by atoms with E-state index in [4.69, 9.17) is 0 Å². The Labute approximate surface area is 291 Å². The number of unbranched alkanes of at least 4 members (excludes halogenated alkanes) is 2. The Morgan fingerprint density at radius 2 is 1.08 bits per heavy atom. The minimum absolute atomic E-state index is 0.0794. The molecule has 5 aromatic rings. The van der Waals surface area contributed by atoms with Crippen molar-refractivity contribution in [3.8, 4) is 33.8 Å². The zero-order valence-electron chi connectivity index (χ0n) is 27.3. The molecule has 0 amide bonds. The second-order valence-electron chi connectivity index (χ2n) is 12.0. The summed E-state index contributed by atoms with van der Waals surface area (Å²) in [6, 6.07) is 14.9. The number of benzene rings is 5. The van der Waals surface area contributed by atoms with E-state index < -0.39 is 88.4 Å². The molecule has 274 valence electrons. The lowest BCUT2D eigenvalue weighted by molar-refractivity contribution is -0.187. The minimum atomic E-state index is -4.51. The predicted octanol–water partition coefficient (Wildman–Crippen LogP) is 12.5. The highest BCUT2D eigenvalue weighted by atomic mass is 19.3. The first kappa shape index (κ1) is 38.2. The molecule has 13 heteroatoms. The van der Waals surface area contributed by atoms with Gasteiger partial charge >= 0.3 is 12.2 Å². The standard InChI is InChI=1S/C39H29F11O2/c1-2-3-4-5-22-6-8-23(9-7-22)24-10-12-28(31(40)16-24)25-11-13-30(34(43)17-25)39(49,50)52-27-18-32(41)29(33(42)19-27)14-15-38(47,48)51-26-20-35(44)37(46)36(45)21-26/h6-13,16-21H,2-5,14-15H2,1H3. The van der Waals surface area contributed by atoms with Crippen molar-refractivity contribution < 1.29 is 57.8 Å². The molecule has 0 fully saturated rings. The SMILES string of the molecule is CCCCCc1ccc(-c2ccc(-c3ccc(C(F)(F)Oc4cc(F)c(CCC(F)(F)Oc5cc(F)c(F)c(F)c5)c(F)c4)c(F)c3)c(F)c2)cc1. The van der Waals surface area contributed by atoms with Gasteiger partial charge in [-0.3, -0.25) is 0 Å². The van der Waals surface area contributed by atoms with Gasteiger partial charge in [0, 0.05) is 35.4 Å². The number of ether oxygens (including phenoxy) is 2. The van der Waals surface area contributed by atoms with Crippen LogP contribution in [0.15, 0.2) is 84.9 Å². The van der Waals surface area contributed by atoms with Crippen LogP contribution in [0.1, 0.15) is 49.3 Å². The molecule has 0 N–H and O–H groups in total. The number of aryl methyl sites for hydroxylation is 1. The van der Waals surface area contributed by atoms with Gasteiger partial charge in [0.05, 0.1) is 12.0 Å². The third-order valence-corrected chi connectivity index (χ3v) is 8.17. The molecule has 0 unspecified atom stereocenters. The van der Waals surface area contributed by atoms with Gasteiger partial charge in [-0.1, -0.05) is 62.2 Å². The van der Waals surface area contributed by atoms with E-state index in [-0.39, 0.29) is 35.4 Å². The lowest BCUT2D eigenvalue weighted by atomic mass is 9.97. The van der Waals surface area contributed by atoms with E-state index in [9.17, 15) is 30.7 Å². The van der Waals surface area contributed by atoms with Crippen LogP contribution in [0.5, 0.6) is 11.5 Å². The Kier molecular flexibility index (Phi) is 11.5. The summed E-state index contributed by atoms with van der Waals surface area (Å²) >= 11 is 0. The molecule has 5 rings (SSSR count). The molecular formula is C39H29F11O2. The summed E-state index contributed by atoms with van der Waals surface area (Å²) < 4.78 is 167. The van der Waals surface area contributed by atoms with Gasteiger partial charge in [-0.15, -0.1) is 0 Å². The van der Waals surface area contributed by atoms with Crippen LogP contribution in [0.3, 0.4) is 0 Å². The first-order valence-corrected chi connectivity index (χ1v) is 16.0. The maximum Gasteiger partial charge on any atom is 0.429 e. The van der Waals surface area contributed by atoms with Crippen LogP contribution >= 0.6 is 0 Å². The largest absolute Gasteiger partial charge is 0.432 e. The second-order valence-corrected chi connectivity index (χ2v) is 12.0. The number of hydrogen-bond acceptors (Lipinski definition) is 2. The lowest BCUT2D eigenvalue weighted by Crippen LogP contribution is -2.26. The van der Waals surface area contributed by atoms with Crippen LogP contribution in [-0.2, 0) is 19.0 Å². The molecule has 0 saturated carbocycles. The zero-order valence-corrected chi connectivity index (χ0v) is 27.3. The molecule has 0 aliphatic heterocycles.